The Morgan fingerprint density at radius 1 is 0.315 bits per heavy atom. The molecule has 8 nitrogen and oxygen atoms in total. The molecular weight excluding hydrogens is 1490 g/mol. The lowest BCUT2D eigenvalue weighted by Crippen LogP contribution is -2.05. The predicted molar refractivity (Wildman–Crippen MR) is 464 cm³/mol. The van der Waals surface area contributed by atoms with Crippen LogP contribution in [0, 0.1) is 23.7 Å². The highest BCUT2D eigenvalue weighted by Crippen LogP contribution is 2.41. The van der Waals surface area contributed by atoms with Gasteiger partial charge in [0.25, 0.3) is 0 Å². The van der Waals surface area contributed by atoms with E-state index in [4.69, 9.17) is 18.9 Å². The lowest BCUT2D eigenvalue weighted by atomic mass is 9.86. The number of allylic oxidation sites excluding steroid dienone is 2. The van der Waals surface area contributed by atoms with Gasteiger partial charge in [-0.05, 0) is 258 Å². The summed E-state index contributed by atoms with van der Waals surface area (Å²) < 4.78 is 21.9. The third kappa shape index (κ3) is 26.8. The van der Waals surface area contributed by atoms with Gasteiger partial charge in [0.1, 0.15) is 23.0 Å². The Hall–Kier alpha value is -11.3. The maximum atomic E-state index is 13.0. The molecule has 0 unspecified atom stereocenters. The smallest absolute Gasteiger partial charge is 0.389 e. The van der Waals surface area contributed by atoms with Crippen molar-refractivity contribution in [1.29, 1.82) is 0 Å². The van der Waals surface area contributed by atoms with E-state index >= 15 is 0 Å². The molecule has 13 rings (SSSR count). The third-order valence-electron chi connectivity index (χ3n) is 16.0. The van der Waals surface area contributed by atoms with Gasteiger partial charge in [0, 0.05) is 63.2 Å². The van der Waals surface area contributed by atoms with Crippen LogP contribution in [0.5, 0.6) is 23.0 Å². The average molecular weight is 1570 g/mol. The molecule has 1 saturated carbocycles. The molecule has 1 aliphatic carbocycles. The first-order valence-electron chi connectivity index (χ1n) is 35.6. The molecule has 0 bridgehead atoms. The van der Waals surface area contributed by atoms with E-state index in [1.165, 1.54) is 62.8 Å². The van der Waals surface area contributed by atoms with Crippen LogP contribution >= 0.6 is 72.3 Å². The molecule has 1 aliphatic rings. The minimum Gasteiger partial charge on any atom is -0.423 e. The fraction of sp³-hybridized carbons (Fsp3) is 0.0928. The van der Waals surface area contributed by atoms with Gasteiger partial charge in [-0.15, -0.1) is 37.0 Å². The topological polar surface area (TPSA) is 105 Å². The monoisotopic (exact) mass is 1560 g/mol. The minimum atomic E-state index is -0.602. The lowest BCUT2D eigenvalue weighted by Gasteiger charge is -2.18. The summed E-state index contributed by atoms with van der Waals surface area (Å²) in [5, 5.41) is 0. The van der Waals surface area contributed by atoms with E-state index in [-0.39, 0.29) is 0 Å². The van der Waals surface area contributed by atoms with Crippen molar-refractivity contribution in [3.63, 3.8) is 0 Å². The number of ether oxygens (including phenoxy) is 4. The zero-order valence-corrected chi connectivity index (χ0v) is 67.1. The summed E-state index contributed by atoms with van der Waals surface area (Å²) in [6.45, 7) is 8.79. The van der Waals surface area contributed by atoms with Gasteiger partial charge >= 0.3 is 23.9 Å². The van der Waals surface area contributed by atoms with Crippen LogP contribution in [-0.4, -0.2) is 30.1 Å². The van der Waals surface area contributed by atoms with Crippen LogP contribution in [-0.2, 0) is 19.2 Å². The van der Waals surface area contributed by atoms with Crippen molar-refractivity contribution in [2.24, 2.45) is 0 Å². The van der Waals surface area contributed by atoms with E-state index < -0.39 is 23.9 Å². The molecule has 0 N–H and O–H groups in total. The molecule has 111 heavy (non-hydrogen) atoms. The quantitative estimate of drug-likeness (QED) is 0.0105. The second-order valence-electron chi connectivity index (χ2n) is 24.9. The molecule has 0 saturated heterocycles. The molecule has 0 amide bonds. The Morgan fingerprint density at radius 3 is 0.838 bits per heavy atom. The highest BCUT2D eigenvalue weighted by molar-refractivity contribution is 8.03. The van der Waals surface area contributed by atoms with Crippen LogP contribution in [0.3, 0.4) is 0 Å². The van der Waals surface area contributed by atoms with Crippen molar-refractivity contribution in [1.82, 2.24) is 0 Å². The number of rotatable bonds is 21. The fourth-order valence-corrected chi connectivity index (χ4v) is 14.0. The van der Waals surface area contributed by atoms with E-state index in [2.05, 4.69) is 177 Å². The molecular formula is C97H80O8S6. The van der Waals surface area contributed by atoms with Gasteiger partial charge in [0.05, 0.1) is 0 Å². The summed E-state index contributed by atoms with van der Waals surface area (Å²) in [4.78, 5) is 58.8. The van der Waals surface area contributed by atoms with Gasteiger partial charge in [-0.1, -0.05) is 242 Å². The van der Waals surface area contributed by atoms with Gasteiger partial charge in [0.2, 0.25) is 0 Å². The Morgan fingerprint density at radius 2 is 0.568 bits per heavy atom. The summed E-state index contributed by atoms with van der Waals surface area (Å²) in [5.41, 5.74) is 12.7. The van der Waals surface area contributed by atoms with Gasteiger partial charge in [-0.3, -0.25) is 0 Å². The van der Waals surface area contributed by atoms with Crippen molar-refractivity contribution in [2.45, 2.75) is 93.0 Å². The SMILES string of the molecule is C1CC1.CC#CC(=O)Oc1ccc(/C(=C(\c2ccccc2)c2ccc(OC(=O)C#CC)cc2)c2ccccc2)cc1.CSc1ccc(Sc2ccc(SC(C)=CC(=O)Oc3ccc(/C(=C(\c4ccccc4)c4ccc(OC(=O)C=C(C)C)cc4)c4ccccc4)cc3)cc2)cc1.Sc1ccc(Sc2ccc(S)cc2)cc1. The first-order chi connectivity index (χ1) is 54.1. The molecule has 0 atom stereocenters. The molecule has 0 aliphatic heterocycles. The van der Waals surface area contributed by atoms with E-state index in [9.17, 15) is 19.2 Å². The van der Waals surface area contributed by atoms with Crippen molar-refractivity contribution in [2.75, 3.05) is 6.26 Å². The molecule has 1 fully saturated rings. The Labute approximate surface area is 679 Å². The number of hydrogen-bond acceptors (Lipinski definition) is 14. The summed E-state index contributed by atoms with van der Waals surface area (Å²) in [5.74, 6) is 9.55. The van der Waals surface area contributed by atoms with Crippen LogP contribution < -0.4 is 18.9 Å². The fourth-order valence-electron chi connectivity index (χ4n) is 10.9. The van der Waals surface area contributed by atoms with Crippen LogP contribution in [0.1, 0.15) is 98.4 Å². The largest absolute Gasteiger partial charge is 0.423 e. The molecule has 12 aromatic rings. The van der Waals surface area contributed by atoms with E-state index in [0.29, 0.717) is 23.0 Å². The zero-order chi connectivity index (χ0) is 78.1. The van der Waals surface area contributed by atoms with Crippen LogP contribution in [0.4, 0.5) is 0 Å². The molecule has 0 aromatic heterocycles. The summed E-state index contributed by atoms with van der Waals surface area (Å²) in [7, 11) is 0. The van der Waals surface area contributed by atoms with E-state index in [1.807, 2.05) is 191 Å². The average Bonchev–Trinajstić information content (AvgIpc) is 1.63. The highest BCUT2D eigenvalue weighted by atomic mass is 32.2. The number of thiol groups is 2. The molecule has 12 aromatic carbocycles. The van der Waals surface area contributed by atoms with Crippen LogP contribution in [0.15, 0.2) is 377 Å². The van der Waals surface area contributed by atoms with Crippen molar-refractivity contribution < 1.29 is 38.1 Å². The van der Waals surface area contributed by atoms with Crippen LogP contribution in [0.2, 0.25) is 0 Å². The first-order valence-corrected chi connectivity index (χ1v) is 40.2. The number of carbonyl (C=O) groups is 4. The zero-order valence-electron chi connectivity index (χ0n) is 62.1. The Kier molecular flexibility index (Phi) is 32.0. The van der Waals surface area contributed by atoms with Gasteiger partial charge in [0.15, 0.2) is 0 Å². The number of esters is 4. The number of thioether (sulfide) groups is 2. The molecule has 0 spiro atoms. The highest BCUT2D eigenvalue weighted by Gasteiger charge is 2.20. The maximum absolute atomic E-state index is 13.0. The molecule has 14 heteroatoms. The number of hydrogen-bond donors (Lipinski definition) is 2. The Bertz CT molecular complexity index is 5160. The van der Waals surface area contributed by atoms with Gasteiger partial charge < -0.3 is 18.9 Å². The third-order valence-corrected chi connectivity index (χ3v) is 20.3. The van der Waals surface area contributed by atoms with E-state index in [1.54, 1.807) is 73.4 Å². The lowest BCUT2D eigenvalue weighted by molar-refractivity contribution is -0.129. The normalized spacial score (nSPS) is 11.4. The number of carbonyl (C=O) groups excluding carboxylic acids is 4. The Balaban J connectivity index is 0.000000199. The summed E-state index contributed by atoms with van der Waals surface area (Å²) >= 11 is 15.2. The van der Waals surface area contributed by atoms with Gasteiger partial charge in [-0.25, -0.2) is 19.2 Å². The summed E-state index contributed by atoms with van der Waals surface area (Å²) in [6, 6.07) is 104. The van der Waals surface area contributed by atoms with Crippen molar-refractivity contribution >= 4 is 118 Å². The first kappa shape index (κ1) is 82.2. The number of benzene rings is 12. The van der Waals surface area contributed by atoms with Gasteiger partial charge in [-0.2, -0.15) is 0 Å². The molecule has 0 heterocycles. The maximum Gasteiger partial charge on any atom is 0.389 e. The second kappa shape index (κ2) is 43.2. The second-order valence-corrected chi connectivity index (χ2v) is 30.4. The molecule has 0 radical (unpaired) electrons. The predicted octanol–water partition coefficient (Wildman–Crippen LogP) is 25.2. The molecule has 552 valence electrons. The van der Waals surface area contributed by atoms with E-state index in [0.717, 1.165) is 96.9 Å². The van der Waals surface area contributed by atoms with Crippen molar-refractivity contribution in [3.8, 4) is 46.7 Å². The van der Waals surface area contributed by atoms with Crippen molar-refractivity contribution in [3.05, 3.63) is 383 Å². The standard InChI is InChI=1S/C48H40O4S3.C34H24O4.C12H10S3.C3H6/c1-33(2)31-45(49)51-39-19-15-37(16-20-39)47(35-11-7-5-8-12-35)48(36-13-9-6-10-14-36)38-17-21-40(22-18-38)52-46(50)32-34(3)54-42-27-29-44(30-28-42)55-43-25-23-41(53-4)24-26-43;1-3-11-31(35)37-29-21-17-27(18-22-29)33(25-13-7-5-8-14-25)34(26-15-9-6-10-16-26)28-19-23-30(24-20-28)38-32(36)12-4-2;13-9-1-5-11(6-2-9)15-12-7-3-10(14)4-8-12;1-2-3-1/h5-32H,1-4H3;5-10,13-24H,1-2H3;1-8,13-14H;1-3H2/b34-32?,48-47+;34-33+;;. The summed E-state index contributed by atoms with van der Waals surface area (Å²) in [6.07, 6.45) is 9.58. The van der Waals surface area contributed by atoms with Crippen LogP contribution in [0.25, 0.3) is 22.3 Å². The minimum absolute atomic E-state index is 0.407.